The number of halogens is 1. The number of nitrogens with zero attached hydrogens (tertiary/aromatic N) is 3. The fraction of sp³-hybridized carbons (Fsp3) is 0.318. The first-order valence-electron chi connectivity index (χ1n) is 10.1. The second-order valence-corrected chi connectivity index (χ2v) is 8.34. The van der Waals surface area contributed by atoms with E-state index < -0.39 is 0 Å². The topological polar surface area (TPSA) is 87.5 Å². The average molecular weight is 475 g/mol. The zero-order valence-electron chi connectivity index (χ0n) is 17.7. The van der Waals surface area contributed by atoms with Crippen molar-refractivity contribution >= 4 is 29.3 Å². The lowest BCUT2D eigenvalue weighted by atomic mass is 10.1. The smallest absolute Gasteiger partial charge is 0.231 e. The number of hydrogen-bond donors (Lipinski definition) is 1. The number of ether oxygens (including phenoxy) is 3. The van der Waals surface area contributed by atoms with Crippen molar-refractivity contribution in [1.29, 1.82) is 0 Å². The van der Waals surface area contributed by atoms with E-state index in [0.29, 0.717) is 34.9 Å². The molecule has 2 aromatic carbocycles. The van der Waals surface area contributed by atoms with Gasteiger partial charge in [0.2, 0.25) is 5.91 Å². The Kier molecular flexibility index (Phi) is 7.06. The summed E-state index contributed by atoms with van der Waals surface area (Å²) in [5.41, 5.74) is 0.915. The normalized spacial score (nSPS) is 14.5. The molecule has 8 nitrogen and oxygen atoms in total. The Morgan fingerprint density at radius 1 is 1.31 bits per heavy atom. The second-order valence-electron chi connectivity index (χ2n) is 6.99. The number of rotatable bonds is 9. The van der Waals surface area contributed by atoms with Gasteiger partial charge in [-0.1, -0.05) is 35.5 Å². The van der Waals surface area contributed by atoms with E-state index >= 15 is 0 Å². The molecule has 1 amide bonds. The molecule has 32 heavy (non-hydrogen) atoms. The Bertz CT molecular complexity index is 1110. The van der Waals surface area contributed by atoms with Gasteiger partial charge in [-0.05, 0) is 37.3 Å². The Balaban J connectivity index is 1.34. The van der Waals surface area contributed by atoms with Crippen LogP contribution in [-0.2, 0) is 17.9 Å². The molecule has 1 aliphatic heterocycles. The summed E-state index contributed by atoms with van der Waals surface area (Å²) >= 11 is 7.47. The maximum absolute atomic E-state index is 12.6. The number of methoxy groups -OCH3 is 1. The highest BCUT2D eigenvalue weighted by molar-refractivity contribution is 7.99. The lowest BCUT2D eigenvalue weighted by Gasteiger charge is -2.12. The molecule has 168 valence electrons. The van der Waals surface area contributed by atoms with Crippen LogP contribution in [0.2, 0.25) is 5.02 Å². The van der Waals surface area contributed by atoms with Crippen molar-refractivity contribution in [2.45, 2.75) is 31.3 Å². The Hall–Kier alpha value is -2.91. The van der Waals surface area contributed by atoms with Crippen molar-refractivity contribution in [3.8, 4) is 17.2 Å². The zero-order chi connectivity index (χ0) is 22.5. The summed E-state index contributed by atoms with van der Waals surface area (Å²) in [6.07, 6.45) is 0. The fourth-order valence-corrected chi connectivity index (χ4v) is 4.38. The summed E-state index contributed by atoms with van der Waals surface area (Å²) in [4.78, 5) is 12.6. The number of carbonyl (C=O) groups is 1. The van der Waals surface area contributed by atoms with Gasteiger partial charge < -0.3 is 24.1 Å². The van der Waals surface area contributed by atoms with Crippen LogP contribution in [0.1, 0.15) is 24.4 Å². The van der Waals surface area contributed by atoms with Crippen molar-refractivity contribution in [3.63, 3.8) is 0 Å². The van der Waals surface area contributed by atoms with E-state index in [-0.39, 0.29) is 24.3 Å². The Morgan fingerprint density at radius 3 is 2.94 bits per heavy atom. The molecule has 1 aromatic heterocycles. The molecule has 0 spiro atoms. The molecular weight excluding hydrogens is 452 g/mol. The number of nitrogens with one attached hydrogen (secondary N) is 1. The zero-order valence-corrected chi connectivity index (χ0v) is 19.3. The van der Waals surface area contributed by atoms with Crippen molar-refractivity contribution < 1.29 is 19.0 Å². The lowest BCUT2D eigenvalue weighted by Crippen LogP contribution is -2.30. The third-order valence-corrected chi connectivity index (χ3v) is 6.25. The first-order valence-corrected chi connectivity index (χ1v) is 11.5. The van der Waals surface area contributed by atoms with Gasteiger partial charge in [0.05, 0.1) is 23.9 Å². The highest BCUT2D eigenvalue weighted by Crippen LogP contribution is 2.35. The molecule has 1 aliphatic rings. The predicted octanol–water partition coefficient (Wildman–Crippen LogP) is 3.88. The van der Waals surface area contributed by atoms with E-state index in [2.05, 4.69) is 15.5 Å². The molecular formula is C22H23ClN4O4S. The third-order valence-electron chi connectivity index (χ3n) is 4.97. The first-order chi connectivity index (χ1) is 15.6. The van der Waals surface area contributed by atoms with Crippen LogP contribution in [0.4, 0.5) is 0 Å². The van der Waals surface area contributed by atoms with E-state index in [1.807, 2.05) is 41.8 Å². The van der Waals surface area contributed by atoms with Crippen LogP contribution in [0.3, 0.4) is 0 Å². The maximum atomic E-state index is 12.6. The number of amides is 1. The number of carbonyl (C=O) groups excluding carboxylic acids is 1. The van der Waals surface area contributed by atoms with Crippen molar-refractivity contribution in [1.82, 2.24) is 20.1 Å². The molecule has 0 unspecified atom stereocenters. The van der Waals surface area contributed by atoms with Crippen LogP contribution in [-0.4, -0.2) is 40.1 Å². The molecule has 10 heteroatoms. The summed E-state index contributed by atoms with van der Waals surface area (Å²) in [6.45, 7) is 3.28. The van der Waals surface area contributed by atoms with Gasteiger partial charge in [-0.3, -0.25) is 4.79 Å². The van der Waals surface area contributed by atoms with Crippen LogP contribution in [0.5, 0.6) is 17.2 Å². The summed E-state index contributed by atoms with van der Waals surface area (Å²) in [7, 11) is 1.61. The third kappa shape index (κ3) is 4.94. The summed E-state index contributed by atoms with van der Waals surface area (Å²) in [5, 5.41) is 12.7. The van der Waals surface area contributed by atoms with E-state index in [9.17, 15) is 4.79 Å². The monoisotopic (exact) mass is 474 g/mol. The lowest BCUT2D eigenvalue weighted by molar-refractivity contribution is -0.119. The van der Waals surface area contributed by atoms with Gasteiger partial charge >= 0.3 is 0 Å². The summed E-state index contributed by atoms with van der Waals surface area (Å²) < 4.78 is 18.6. The van der Waals surface area contributed by atoms with Gasteiger partial charge in [-0.2, -0.15) is 0 Å². The number of fused-ring (bicyclic) bond motifs is 1. The molecule has 0 radical (unpaired) electrons. The molecule has 0 saturated heterocycles. The molecule has 2 heterocycles. The van der Waals surface area contributed by atoms with Gasteiger partial charge in [0.15, 0.2) is 11.0 Å². The molecule has 1 atom stereocenters. The maximum Gasteiger partial charge on any atom is 0.231 e. The van der Waals surface area contributed by atoms with Crippen LogP contribution in [0.25, 0.3) is 0 Å². The standard InChI is InChI=1S/C22H23ClN4O4S/c1-3-27-20(12-31-19-7-5-4-6-16(19)23)25-26-22(27)32-13-21(28)24-17-11-30-18-9-8-14(29-2)10-15(17)18/h4-10,17H,3,11-13H2,1-2H3,(H,24,28)/t17-/m1/s1. The van der Waals surface area contributed by atoms with Crippen molar-refractivity contribution in [3.05, 3.63) is 58.9 Å². The van der Waals surface area contributed by atoms with E-state index in [1.54, 1.807) is 19.2 Å². The van der Waals surface area contributed by atoms with Gasteiger partial charge in [0.25, 0.3) is 0 Å². The molecule has 0 aliphatic carbocycles. The molecule has 0 saturated carbocycles. The van der Waals surface area contributed by atoms with E-state index in [1.165, 1.54) is 11.8 Å². The summed E-state index contributed by atoms with van der Waals surface area (Å²) in [5.74, 6) is 2.84. The van der Waals surface area contributed by atoms with Crippen molar-refractivity contribution in [2.75, 3.05) is 19.5 Å². The Morgan fingerprint density at radius 2 is 2.16 bits per heavy atom. The number of para-hydroxylation sites is 1. The Labute approximate surface area is 195 Å². The van der Waals surface area contributed by atoms with Crippen LogP contribution < -0.4 is 19.5 Å². The number of benzene rings is 2. The number of thioether (sulfide) groups is 1. The second kappa shape index (κ2) is 10.1. The van der Waals surface area contributed by atoms with Gasteiger partial charge in [-0.15, -0.1) is 10.2 Å². The largest absolute Gasteiger partial charge is 0.497 e. The SMILES string of the molecule is CCn1c(COc2ccccc2Cl)nnc1SCC(=O)N[C@@H]1COc2ccc(OC)cc21. The van der Waals surface area contributed by atoms with Gasteiger partial charge in [0, 0.05) is 12.1 Å². The fourth-order valence-electron chi connectivity index (χ4n) is 3.36. The molecule has 0 bridgehead atoms. The minimum Gasteiger partial charge on any atom is -0.497 e. The van der Waals surface area contributed by atoms with Gasteiger partial charge in [0.1, 0.15) is 30.5 Å². The van der Waals surface area contributed by atoms with Crippen LogP contribution in [0, 0.1) is 0 Å². The number of hydrogen-bond acceptors (Lipinski definition) is 7. The summed E-state index contributed by atoms with van der Waals surface area (Å²) in [6, 6.07) is 12.6. The molecule has 3 aromatic rings. The molecule has 0 fully saturated rings. The van der Waals surface area contributed by atoms with Crippen molar-refractivity contribution in [2.24, 2.45) is 0 Å². The average Bonchev–Trinajstić information content (AvgIpc) is 3.40. The minimum absolute atomic E-state index is 0.112. The van der Waals surface area contributed by atoms with Crippen LogP contribution in [0.15, 0.2) is 47.6 Å². The molecule has 1 N–H and O–H groups in total. The minimum atomic E-state index is -0.211. The van der Waals surface area contributed by atoms with Gasteiger partial charge in [-0.25, -0.2) is 0 Å². The molecule has 4 rings (SSSR count). The quantitative estimate of drug-likeness (QED) is 0.471. The predicted molar refractivity (Wildman–Crippen MR) is 122 cm³/mol. The van der Waals surface area contributed by atoms with E-state index in [0.717, 1.165) is 17.1 Å². The highest BCUT2D eigenvalue weighted by Gasteiger charge is 2.26. The first kappa shape index (κ1) is 22.3. The van der Waals surface area contributed by atoms with Crippen LogP contribution >= 0.6 is 23.4 Å². The highest BCUT2D eigenvalue weighted by atomic mass is 35.5. The van der Waals surface area contributed by atoms with E-state index in [4.69, 9.17) is 25.8 Å². The number of aromatic nitrogens is 3.